The van der Waals surface area contributed by atoms with Crippen LogP contribution < -0.4 is 0 Å². The van der Waals surface area contributed by atoms with Crippen LogP contribution in [-0.4, -0.2) is 41.4 Å². The minimum atomic E-state index is -0.223. The van der Waals surface area contributed by atoms with Crippen molar-refractivity contribution >= 4 is 11.7 Å². The number of carbonyl (C=O) groups excluding carboxylic acids is 1. The van der Waals surface area contributed by atoms with E-state index in [2.05, 4.69) is 4.99 Å². The van der Waals surface area contributed by atoms with Crippen LogP contribution in [0.2, 0.25) is 0 Å². The highest BCUT2D eigenvalue weighted by atomic mass is 16.3. The van der Waals surface area contributed by atoms with Gasteiger partial charge in [-0.15, -0.1) is 0 Å². The van der Waals surface area contributed by atoms with Crippen molar-refractivity contribution in [3.63, 3.8) is 0 Å². The van der Waals surface area contributed by atoms with Gasteiger partial charge in [0.15, 0.2) is 0 Å². The average molecular weight is 156 g/mol. The predicted molar refractivity (Wildman–Crippen MR) is 41.4 cm³/mol. The van der Waals surface area contributed by atoms with Gasteiger partial charge in [0.25, 0.3) is 0 Å². The molecule has 0 spiro atoms. The number of rotatable bonds is 1. The molecule has 0 aromatic carbocycles. The van der Waals surface area contributed by atoms with E-state index in [4.69, 9.17) is 5.11 Å². The van der Waals surface area contributed by atoms with E-state index in [1.165, 1.54) is 4.90 Å². The van der Waals surface area contributed by atoms with Gasteiger partial charge in [-0.2, -0.15) is 0 Å². The van der Waals surface area contributed by atoms with Crippen LogP contribution in [-0.2, 0) is 4.79 Å². The maximum atomic E-state index is 11.1. The van der Waals surface area contributed by atoms with Gasteiger partial charge in [0.05, 0.1) is 19.1 Å². The molecule has 0 saturated carbocycles. The van der Waals surface area contributed by atoms with Crippen LogP contribution in [0.25, 0.3) is 0 Å². The lowest BCUT2D eigenvalue weighted by Gasteiger charge is -2.24. The van der Waals surface area contributed by atoms with Crippen LogP contribution in [0.15, 0.2) is 4.99 Å². The molecular formula is C7H12N2O2. The number of aliphatic imine (C=N–C) groups is 1. The van der Waals surface area contributed by atoms with Crippen molar-refractivity contribution in [2.45, 2.75) is 19.4 Å². The summed E-state index contributed by atoms with van der Waals surface area (Å²) in [5, 5.41) is 8.74. The molecule has 1 rings (SSSR count). The minimum absolute atomic E-state index is 0.0246. The largest absolute Gasteiger partial charge is 0.394 e. The zero-order valence-electron chi connectivity index (χ0n) is 6.74. The molecule has 11 heavy (non-hydrogen) atoms. The molecule has 4 heteroatoms. The summed E-state index contributed by atoms with van der Waals surface area (Å²) in [7, 11) is 1.69. The second kappa shape index (κ2) is 3.00. The second-order valence-corrected chi connectivity index (χ2v) is 2.67. The Morgan fingerprint density at radius 3 is 2.91 bits per heavy atom. The maximum absolute atomic E-state index is 11.1. The molecule has 0 aromatic rings. The Labute approximate surface area is 65.5 Å². The van der Waals surface area contributed by atoms with Crippen LogP contribution in [0.3, 0.4) is 0 Å². The topological polar surface area (TPSA) is 52.9 Å². The fraction of sp³-hybridized carbons (Fsp3) is 0.714. The van der Waals surface area contributed by atoms with Crippen molar-refractivity contribution in [2.24, 2.45) is 4.99 Å². The van der Waals surface area contributed by atoms with Crippen molar-refractivity contribution in [3.8, 4) is 0 Å². The molecule has 0 bridgehead atoms. The molecule has 0 aromatic heterocycles. The molecule has 0 aliphatic carbocycles. The van der Waals surface area contributed by atoms with Crippen molar-refractivity contribution in [2.75, 3.05) is 13.7 Å². The van der Waals surface area contributed by atoms with Crippen LogP contribution in [0.4, 0.5) is 0 Å². The fourth-order valence-electron chi connectivity index (χ4n) is 1.02. The van der Waals surface area contributed by atoms with Crippen LogP contribution in [0.5, 0.6) is 0 Å². The summed E-state index contributed by atoms with van der Waals surface area (Å²) < 4.78 is 0. The molecule has 1 atom stereocenters. The van der Waals surface area contributed by atoms with Crippen LogP contribution in [0.1, 0.15) is 13.3 Å². The number of amides is 1. The minimum Gasteiger partial charge on any atom is -0.394 e. The SMILES string of the molecule is CC1=NC(CO)CC(=O)N1C. The Kier molecular flexibility index (Phi) is 2.24. The first kappa shape index (κ1) is 8.20. The van der Waals surface area contributed by atoms with Crippen LogP contribution >= 0.6 is 0 Å². The molecule has 0 fully saturated rings. The molecule has 1 amide bonds. The van der Waals surface area contributed by atoms with Crippen molar-refractivity contribution < 1.29 is 9.90 Å². The summed E-state index contributed by atoms with van der Waals surface area (Å²) in [6.45, 7) is 1.72. The molecule has 1 N–H and O–H groups in total. The van der Waals surface area contributed by atoms with E-state index in [0.717, 1.165) is 0 Å². The Morgan fingerprint density at radius 1 is 1.82 bits per heavy atom. The van der Waals surface area contributed by atoms with Gasteiger partial charge >= 0.3 is 0 Å². The third kappa shape index (κ3) is 1.57. The van der Waals surface area contributed by atoms with E-state index in [9.17, 15) is 4.79 Å². The van der Waals surface area contributed by atoms with Crippen molar-refractivity contribution in [1.29, 1.82) is 0 Å². The molecule has 62 valence electrons. The first-order valence-corrected chi connectivity index (χ1v) is 3.57. The van der Waals surface area contributed by atoms with E-state index in [-0.39, 0.29) is 18.6 Å². The lowest BCUT2D eigenvalue weighted by atomic mass is 10.2. The molecule has 1 unspecified atom stereocenters. The Hall–Kier alpha value is -0.900. The van der Waals surface area contributed by atoms with E-state index in [1.807, 2.05) is 0 Å². The second-order valence-electron chi connectivity index (χ2n) is 2.67. The van der Waals surface area contributed by atoms with Gasteiger partial charge in [0.2, 0.25) is 5.91 Å². The zero-order valence-corrected chi connectivity index (χ0v) is 6.74. The van der Waals surface area contributed by atoms with E-state index in [0.29, 0.717) is 12.3 Å². The number of hydrogen-bond acceptors (Lipinski definition) is 3. The Balaban J connectivity index is 2.76. The van der Waals surface area contributed by atoms with Crippen molar-refractivity contribution in [1.82, 2.24) is 4.90 Å². The first-order chi connectivity index (χ1) is 5.15. The van der Waals surface area contributed by atoms with Gasteiger partial charge in [0.1, 0.15) is 5.84 Å². The molecule has 0 radical (unpaired) electrons. The monoisotopic (exact) mass is 156 g/mol. The van der Waals surface area contributed by atoms with E-state index < -0.39 is 0 Å². The molecule has 1 heterocycles. The number of amidine groups is 1. The predicted octanol–water partition coefficient (Wildman–Crippen LogP) is -0.372. The standard InChI is InChI=1S/C7H12N2O2/c1-5-8-6(4-10)3-7(11)9(5)2/h6,10H,3-4H2,1-2H3. The number of aliphatic hydroxyl groups excluding tert-OH is 1. The maximum Gasteiger partial charge on any atom is 0.229 e. The third-order valence-corrected chi connectivity index (χ3v) is 1.85. The lowest BCUT2D eigenvalue weighted by Crippen LogP contribution is -2.39. The Bertz CT molecular complexity index is 201. The molecule has 1 aliphatic rings. The van der Waals surface area contributed by atoms with Gasteiger partial charge in [-0.05, 0) is 6.92 Å². The molecule has 1 aliphatic heterocycles. The van der Waals surface area contributed by atoms with Gasteiger partial charge < -0.3 is 10.0 Å². The quantitative estimate of drug-likeness (QED) is 0.563. The van der Waals surface area contributed by atoms with Crippen LogP contribution in [0, 0.1) is 0 Å². The van der Waals surface area contributed by atoms with Gasteiger partial charge in [0, 0.05) is 7.05 Å². The highest BCUT2D eigenvalue weighted by Gasteiger charge is 2.22. The fourth-order valence-corrected chi connectivity index (χ4v) is 1.02. The highest BCUT2D eigenvalue weighted by molar-refractivity contribution is 5.98. The number of nitrogens with zero attached hydrogens (tertiary/aromatic N) is 2. The summed E-state index contributed by atoms with van der Waals surface area (Å²) >= 11 is 0. The third-order valence-electron chi connectivity index (χ3n) is 1.85. The molecular weight excluding hydrogens is 144 g/mol. The molecule has 0 saturated heterocycles. The summed E-state index contributed by atoms with van der Waals surface area (Å²) in [6, 6.07) is -0.223. The Morgan fingerprint density at radius 2 is 2.45 bits per heavy atom. The normalized spacial score (nSPS) is 25.4. The van der Waals surface area contributed by atoms with Gasteiger partial charge in [-0.25, -0.2) is 0 Å². The van der Waals surface area contributed by atoms with E-state index in [1.54, 1.807) is 14.0 Å². The van der Waals surface area contributed by atoms with E-state index >= 15 is 0 Å². The first-order valence-electron chi connectivity index (χ1n) is 3.57. The zero-order chi connectivity index (χ0) is 8.43. The highest BCUT2D eigenvalue weighted by Crippen LogP contribution is 2.08. The number of hydrogen-bond donors (Lipinski definition) is 1. The summed E-state index contributed by atoms with van der Waals surface area (Å²) in [5.41, 5.74) is 0. The number of aliphatic hydroxyl groups is 1. The van der Waals surface area contributed by atoms with Gasteiger partial charge in [-0.1, -0.05) is 0 Å². The summed E-state index contributed by atoms with van der Waals surface area (Å²) in [5.74, 6) is 0.705. The lowest BCUT2D eigenvalue weighted by molar-refractivity contribution is -0.127. The molecule has 4 nitrogen and oxygen atoms in total. The average Bonchev–Trinajstić information content (AvgIpc) is 1.99. The van der Waals surface area contributed by atoms with Gasteiger partial charge in [-0.3, -0.25) is 9.79 Å². The number of carbonyl (C=O) groups is 1. The van der Waals surface area contributed by atoms with Crippen molar-refractivity contribution in [3.05, 3.63) is 0 Å². The summed E-state index contributed by atoms with van der Waals surface area (Å²) in [4.78, 5) is 16.7. The smallest absolute Gasteiger partial charge is 0.229 e. The summed E-state index contributed by atoms with van der Waals surface area (Å²) in [6.07, 6.45) is 0.324.